The van der Waals surface area contributed by atoms with Gasteiger partial charge in [0, 0.05) is 0 Å². The minimum atomic E-state index is -1.12. The number of unbranched alkanes of at least 4 members (excludes halogenated alkanes) is 1. The number of aromatic carboxylic acids is 1. The van der Waals surface area contributed by atoms with Crippen molar-refractivity contribution < 1.29 is 14.3 Å². The summed E-state index contributed by atoms with van der Waals surface area (Å²) >= 11 is 0. The monoisotopic (exact) mass is 213 g/mol. The molecule has 0 aliphatic heterocycles. The number of carbonyl (C=O) groups is 1. The fourth-order valence-electron chi connectivity index (χ4n) is 1.32. The molecule has 15 heavy (non-hydrogen) atoms. The molecular formula is C9H15N3O3. The topological polar surface area (TPSA) is 115 Å². The van der Waals surface area contributed by atoms with Crippen molar-refractivity contribution in [3.05, 3.63) is 17.8 Å². The molecule has 1 atom stereocenters. The van der Waals surface area contributed by atoms with Gasteiger partial charge in [-0.1, -0.05) is 6.42 Å². The van der Waals surface area contributed by atoms with E-state index in [1.807, 2.05) is 0 Å². The van der Waals surface area contributed by atoms with Gasteiger partial charge in [0.15, 0.2) is 17.8 Å². The molecule has 0 fully saturated rings. The standard InChI is InChI=1S/C9H15N3O3/c10-4-2-1-3-6(11)8-7(9(13)14)12-5-15-8/h5-6H,1-4,10-11H2,(H,13,14). The van der Waals surface area contributed by atoms with Gasteiger partial charge >= 0.3 is 5.97 Å². The van der Waals surface area contributed by atoms with Crippen molar-refractivity contribution in [2.75, 3.05) is 6.54 Å². The van der Waals surface area contributed by atoms with E-state index < -0.39 is 12.0 Å². The minimum Gasteiger partial charge on any atom is -0.476 e. The molecule has 0 amide bonds. The van der Waals surface area contributed by atoms with Gasteiger partial charge in [-0.3, -0.25) is 0 Å². The number of carboxylic acids is 1. The number of carboxylic acid groups (broad SMARTS) is 1. The lowest BCUT2D eigenvalue weighted by molar-refractivity contribution is 0.0688. The molecule has 6 nitrogen and oxygen atoms in total. The van der Waals surface area contributed by atoms with Gasteiger partial charge in [0.25, 0.3) is 0 Å². The zero-order valence-electron chi connectivity index (χ0n) is 8.35. The van der Waals surface area contributed by atoms with Crippen molar-refractivity contribution >= 4 is 5.97 Å². The summed E-state index contributed by atoms with van der Waals surface area (Å²) in [6.07, 6.45) is 3.45. The van der Waals surface area contributed by atoms with Crippen LogP contribution in [0.2, 0.25) is 0 Å². The van der Waals surface area contributed by atoms with E-state index in [2.05, 4.69) is 4.98 Å². The Labute approximate surface area is 87.3 Å². The Hall–Kier alpha value is -1.40. The Morgan fingerprint density at radius 2 is 2.33 bits per heavy atom. The number of oxazole rings is 1. The van der Waals surface area contributed by atoms with Gasteiger partial charge in [0.05, 0.1) is 6.04 Å². The molecule has 0 saturated heterocycles. The van der Waals surface area contributed by atoms with E-state index >= 15 is 0 Å². The maximum atomic E-state index is 10.7. The summed E-state index contributed by atoms with van der Waals surface area (Å²) in [4.78, 5) is 14.3. The number of nitrogens with zero attached hydrogens (tertiary/aromatic N) is 1. The molecule has 1 aromatic heterocycles. The molecule has 0 radical (unpaired) electrons. The van der Waals surface area contributed by atoms with Crippen LogP contribution in [0.5, 0.6) is 0 Å². The van der Waals surface area contributed by atoms with Gasteiger partial charge in [-0.05, 0) is 19.4 Å². The Morgan fingerprint density at radius 1 is 1.60 bits per heavy atom. The second-order valence-electron chi connectivity index (χ2n) is 3.26. The molecule has 0 aromatic carbocycles. The van der Waals surface area contributed by atoms with Crippen molar-refractivity contribution in [3.8, 4) is 0 Å². The highest BCUT2D eigenvalue weighted by Crippen LogP contribution is 2.19. The lowest BCUT2D eigenvalue weighted by Gasteiger charge is -2.08. The van der Waals surface area contributed by atoms with E-state index in [1.165, 1.54) is 0 Å². The predicted octanol–water partition coefficient (Wildman–Crippen LogP) is 0.502. The normalized spacial score (nSPS) is 12.7. The SMILES string of the molecule is NCCCCC(N)c1ocnc1C(=O)O. The van der Waals surface area contributed by atoms with Gasteiger partial charge in [0.1, 0.15) is 0 Å². The molecule has 1 rings (SSSR count). The second kappa shape index (κ2) is 5.47. The van der Waals surface area contributed by atoms with Crippen LogP contribution < -0.4 is 11.5 Å². The van der Waals surface area contributed by atoms with Crippen LogP contribution in [0, 0.1) is 0 Å². The molecule has 6 heteroatoms. The van der Waals surface area contributed by atoms with Gasteiger partial charge in [-0.15, -0.1) is 0 Å². The average molecular weight is 213 g/mol. The van der Waals surface area contributed by atoms with Gasteiger partial charge in [-0.25, -0.2) is 9.78 Å². The number of hydrogen-bond donors (Lipinski definition) is 3. The molecule has 0 aliphatic rings. The summed E-state index contributed by atoms with van der Waals surface area (Å²) in [5.41, 5.74) is 11.0. The van der Waals surface area contributed by atoms with Crippen LogP contribution in [-0.4, -0.2) is 22.6 Å². The minimum absolute atomic E-state index is 0.102. The van der Waals surface area contributed by atoms with Gasteiger partial charge < -0.3 is 21.0 Å². The first kappa shape index (κ1) is 11.7. The number of aromatic nitrogens is 1. The lowest BCUT2D eigenvalue weighted by Crippen LogP contribution is -2.14. The van der Waals surface area contributed by atoms with Crippen molar-refractivity contribution in [2.24, 2.45) is 11.5 Å². The fourth-order valence-corrected chi connectivity index (χ4v) is 1.32. The molecule has 1 aromatic rings. The van der Waals surface area contributed by atoms with Crippen LogP contribution in [0.4, 0.5) is 0 Å². The Bertz CT molecular complexity index is 324. The fraction of sp³-hybridized carbons (Fsp3) is 0.556. The maximum absolute atomic E-state index is 10.7. The first-order chi connectivity index (χ1) is 7.16. The van der Waals surface area contributed by atoms with Crippen LogP contribution >= 0.6 is 0 Å². The van der Waals surface area contributed by atoms with Crippen LogP contribution in [0.1, 0.15) is 41.6 Å². The third kappa shape index (κ3) is 3.03. The summed E-state index contributed by atoms with van der Waals surface area (Å²) in [5.74, 6) is -0.882. The van der Waals surface area contributed by atoms with Gasteiger partial charge in [0.2, 0.25) is 0 Å². The molecule has 5 N–H and O–H groups in total. The van der Waals surface area contributed by atoms with Crippen molar-refractivity contribution in [1.82, 2.24) is 4.98 Å². The van der Waals surface area contributed by atoms with Crippen LogP contribution in [0.15, 0.2) is 10.8 Å². The van der Waals surface area contributed by atoms with Crippen molar-refractivity contribution in [1.29, 1.82) is 0 Å². The van der Waals surface area contributed by atoms with E-state index in [-0.39, 0.29) is 11.5 Å². The molecule has 1 unspecified atom stereocenters. The summed E-state index contributed by atoms with van der Waals surface area (Å²) < 4.78 is 4.97. The van der Waals surface area contributed by atoms with Crippen LogP contribution in [-0.2, 0) is 0 Å². The van der Waals surface area contributed by atoms with E-state index in [9.17, 15) is 4.79 Å². The zero-order chi connectivity index (χ0) is 11.3. The van der Waals surface area contributed by atoms with Crippen LogP contribution in [0.3, 0.4) is 0 Å². The molecular weight excluding hydrogens is 198 g/mol. The first-order valence-corrected chi connectivity index (χ1v) is 4.79. The molecule has 0 bridgehead atoms. The number of nitrogens with two attached hydrogens (primary N) is 2. The van der Waals surface area contributed by atoms with E-state index in [4.69, 9.17) is 21.0 Å². The third-order valence-electron chi connectivity index (χ3n) is 2.10. The summed E-state index contributed by atoms with van der Waals surface area (Å²) in [5, 5.41) is 8.78. The highest BCUT2D eigenvalue weighted by atomic mass is 16.4. The second-order valence-corrected chi connectivity index (χ2v) is 3.26. The molecule has 1 heterocycles. The Kier molecular flexibility index (Phi) is 4.26. The highest BCUT2D eigenvalue weighted by Gasteiger charge is 2.20. The highest BCUT2D eigenvalue weighted by molar-refractivity contribution is 5.86. The lowest BCUT2D eigenvalue weighted by atomic mass is 10.1. The summed E-state index contributed by atoms with van der Waals surface area (Å²) in [6.45, 7) is 0.606. The maximum Gasteiger partial charge on any atom is 0.358 e. The molecule has 84 valence electrons. The first-order valence-electron chi connectivity index (χ1n) is 4.79. The largest absolute Gasteiger partial charge is 0.476 e. The van der Waals surface area contributed by atoms with Crippen molar-refractivity contribution in [3.63, 3.8) is 0 Å². The quantitative estimate of drug-likeness (QED) is 0.592. The smallest absolute Gasteiger partial charge is 0.358 e. The van der Waals surface area contributed by atoms with Crippen molar-refractivity contribution in [2.45, 2.75) is 25.3 Å². The van der Waals surface area contributed by atoms with E-state index in [0.717, 1.165) is 19.2 Å². The van der Waals surface area contributed by atoms with E-state index in [1.54, 1.807) is 0 Å². The molecule has 0 aliphatic carbocycles. The Balaban J connectivity index is 2.60. The third-order valence-corrected chi connectivity index (χ3v) is 2.10. The predicted molar refractivity (Wildman–Crippen MR) is 53.3 cm³/mol. The molecule has 0 saturated carbocycles. The number of rotatable bonds is 6. The number of hydrogen-bond acceptors (Lipinski definition) is 5. The average Bonchev–Trinajstić information content (AvgIpc) is 2.66. The van der Waals surface area contributed by atoms with E-state index in [0.29, 0.717) is 13.0 Å². The molecule has 0 spiro atoms. The zero-order valence-corrected chi connectivity index (χ0v) is 8.35. The van der Waals surface area contributed by atoms with Gasteiger partial charge in [-0.2, -0.15) is 0 Å². The van der Waals surface area contributed by atoms with Crippen LogP contribution in [0.25, 0.3) is 0 Å². The summed E-state index contributed by atoms with van der Waals surface area (Å²) in [6, 6.07) is -0.426. The Morgan fingerprint density at radius 3 is 2.93 bits per heavy atom. The summed E-state index contributed by atoms with van der Waals surface area (Å²) in [7, 11) is 0.